The summed E-state index contributed by atoms with van der Waals surface area (Å²) in [5.41, 5.74) is 1.95. The molecule has 0 fully saturated rings. The van der Waals surface area contributed by atoms with Crippen molar-refractivity contribution in [2.24, 2.45) is 0 Å². The Bertz CT molecular complexity index is 377. The minimum atomic E-state index is -0.291. The molecule has 1 aromatic rings. The predicted octanol–water partition coefficient (Wildman–Crippen LogP) is 1.55. The molecule has 0 aromatic heterocycles. The second-order valence-corrected chi connectivity index (χ2v) is 3.68. The molecule has 0 saturated heterocycles. The number of methoxy groups -OCH3 is 1. The van der Waals surface area contributed by atoms with Gasteiger partial charge in [-0.05, 0) is 31.5 Å². The highest BCUT2D eigenvalue weighted by Gasteiger charge is 2.12. The maximum atomic E-state index is 11.4. The van der Waals surface area contributed by atoms with Crippen molar-refractivity contribution in [3.05, 3.63) is 23.8 Å². The number of benzene rings is 1. The first-order valence-corrected chi connectivity index (χ1v) is 5.21. The molecule has 0 radical (unpaired) electrons. The molecule has 0 aliphatic heterocycles. The largest absolute Gasteiger partial charge is 0.495 e. The second kappa shape index (κ2) is 5.39. The van der Waals surface area contributed by atoms with E-state index in [2.05, 4.69) is 10.6 Å². The van der Waals surface area contributed by atoms with Crippen molar-refractivity contribution in [3.8, 4) is 5.75 Å². The fraction of sp³-hybridized carbons (Fsp3) is 0.417. The minimum absolute atomic E-state index is 0.0523. The van der Waals surface area contributed by atoms with E-state index in [-0.39, 0.29) is 11.9 Å². The fourth-order valence-corrected chi connectivity index (χ4v) is 1.45. The highest BCUT2D eigenvalue weighted by molar-refractivity contribution is 5.84. The maximum Gasteiger partial charge on any atom is 0.241 e. The van der Waals surface area contributed by atoms with E-state index in [1.54, 1.807) is 21.1 Å². The van der Waals surface area contributed by atoms with E-state index in [1.807, 2.05) is 25.1 Å². The Morgan fingerprint density at radius 1 is 1.44 bits per heavy atom. The molecule has 1 rings (SSSR count). The van der Waals surface area contributed by atoms with Crippen LogP contribution in [0.2, 0.25) is 0 Å². The van der Waals surface area contributed by atoms with Gasteiger partial charge >= 0.3 is 0 Å². The van der Waals surface area contributed by atoms with Gasteiger partial charge in [0.15, 0.2) is 0 Å². The van der Waals surface area contributed by atoms with Crippen LogP contribution in [-0.2, 0) is 4.79 Å². The number of amides is 1. The van der Waals surface area contributed by atoms with Crippen LogP contribution in [0, 0.1) is 6.92 Å². The zero-order chi connectivity index (χ0) is 12.1. The lowest BCUT2D eigenvalue weighted by Crippen LogP contribution is -2.35. The molecule has 4 nitrogen and oxygen atoms in total. The second-order valence-electron chi connectivity index (χ2n) is 3.68. The van der Waals surface area contributed by atoms with Gasteiger partial charge in [0, 0.05) is 7.05 Å². The minimum Gasteiger partial charge on any atom is -0.495 e. The Labute approximate surface area is 96.0 Å². The first kappa shape index (κ1) is 12.4. The fourth-order valence-electron chi connectivity index (χ4n) is 1.45. The highest BCUT2D eigenvalue weighted by atomic mass is 16.5. The standard InChI is InChI=1S/C12H18N2O2/c1-8-5-6-11(16-4)10(7-8)14-9(2)12(15)13-3/h5-7,9,14H,1-4H3,(H,13,15)/t9-/m1/s1. The maximum absolute atomic E-state index is 11.4. The van der Waals surface area contributed by atoms with Crippen molar-refractivity contribution in [2.45, 2.75) is 19.9 Å². The summed E-state index contributed by atoms with van der Waals surface area (Å²) in [6, 6.07) is 5.52. The van der Waals surface area contributed by atoms with E-state index >= 15 is 0 Å². The van der Waals surface area contributed by atoms with Crippen molar-refractivity contribution in [1.29, 1.82) is 0 Å². The number of rotatable bonds is 4. The lowest BCUT2D eigenvalue weighted by atomic mass is 10.2. The average molecular weight is 222 g/mol. The summed E-state index contributed by atoms with van der Waals surface area (Å²) in [4.78, 5) is 11.4. The Kier molecular flexibility index (Phi) is 4.17. The first-order valence-electron chi connectivity index (χ1n) is 5.21. The molecule has 0 unspecified atom stereocenters. The molecule has 0 aliphatic carbocycles. The molecule has 0 heterocycles. The van der Waals surface area contributed by atoms with Crippen LogP contribution in [-0.4, -0.2) is 26.1 Å². The van der Waals surface area contributed by atoms with E-state index in [1.165, 1.54) is 0 Å². The third kappa shape index (κ3) is 2.89. The van der Waals surface area contributed by atoms with Crippen molar-refractivity contribution in [1.82, 2.24) is 5.32 Å². The van der Waals surface area contributed by atoms with Gasteiger partial charge in [-0.15, -0.1) is 0 Å². The molecule has 2 N–H and O–H groups in total. The van der Waals surface area contributed by atoms with Crippen LogP contribution >= 0.6 is 0 Å². The van der Waals surface area contributed by atoms with Crippen LogP contribution in [0.4, 0.5) is 5.69 Å². The number of carbonyl (C=O) groups is 1. The van der Waals surface area contributed by atoms with Crippen LogP contribution < -0.4 is 15.4 Å². The summed E-state index contributed by atoms with van der Waals surface area (Å²) in [6.07, 6.45) is 0. The monoisotopic (exact) mass is 222 g/mol. The molecule has 0 spiro atoms. The van der Waals surface area contributed by atoms with Crippen LogP contribution in [0.5, 0.6) is 5.75 Å². The number of aryl methyl sites for hydroxylation is 1. The molecule has 4 heteroatoms. The molecule has 1 amide bonds. The summed E-state index contributed by atoms with van der Waals surface area (Å²) in [6.45, 7) is 3.80. The zero-order valence-electron chi connectivity index (χ0n) is 10.1. The smallest absolute Gasteiger partial charge is 0.241 e. The first-order chi connectivity index (χ1) is 7.58. The zero-order valence-corrected chi connectivity index (χ0v) is 10.1. The Hall–Kier alpha value is -1.71. The normalized spacial score (nSPS) is 11.8. The number of hydrogen-bond acceptors (Lipinski definition) is 3. The van der Waals surface area contributed by atoms with Gasteiger partial charge in [0.2, 0.25) is 5.91 Å². The van der Waals surface area contributed by atoms with Gasteiger partial charge in [0.05, 0.1) is 12.8 Å². The van der Waals surface area contributed by atoms with Gasteiger partial charge < -0.3 is 15.4 Å². The molecule has 0 saturated carbocycles. The van der Waals surface area contributed by atoms with Gasteiger partial charge in [-0.2, -0.15) is 0 Å². The van der Waals surface area contributed by atoms with Crippen LogP contribution in [0.1, 0.15) is 12.5 Å². The van der Waals surface area contributed by atoms with Crippen molar-refractivity contribution >= 4 is 11.6 Å². The number of anilines is 1. The molecule has 0 bridgehead atoms. The molecule has 0 aliphatic rings. The molecule has 1 aromatic carbocycles. The quantitative estimate of drug-likeness (QED) is 0.812. The Morgan fingerprint density at radius 3 is 2.69 bits per heavy atom. The van der Waals surface area contributed by atoms with Gasteiger partial charge in [-0.3, -0.25) is 4.79 Å². The van der Waals surface area contributed by atoms with Gasteiger partial charge in [0.1, 0.15) is 11.8 Å². The highest BCUT2D eigenvalue weighted by Crippen LogP contribution is 2.25. The molecular weight excluding hydrogens is 204 g/mol. The average Bonchev–Trinajstić information content (AvgIpc) is 2.28. The van der Waals surface area contributed by atoms with E-state index < -0.39 is 0 Å². The van der Waals surface area contributed by atoms with Crippen molar-refractivity contribution < 1.29 is 9.53 Å². The van der Waals surface area contributed by atoms with Crippen molar-refractivity contribution in [2.75, 3.05) is 19.5 Å². The summed E-state index contributed by atoms with van der Waals surface area (Å²) in [5.74, 6) is 0.685. The number of ether oxygens (including phenoxy) is 1. The number of carbonyl (C=O) groups excluding carboxylic acids is 1. The lowest BCUT2D eigenvalue weighted by Gasteiger charge is -2.16. The van der Waals surface area contributed by atoms with Crippen LogP contribution in [0.25, 0.3) is 0 Å². The summed E-state index contributed by atoms with van der Waals surface area (Å²) in [7, 11) is 3.23. The number of nitrogens with one attached hydrogen (secondary N) is 2. The Morgan fingerprint density at radius 2 is 2.12 bits per heavy atom. The van der Waals surface area contributed by atoms with Gasteiger partial charge in [-0.1, -0.05) is 6.07 Å². The summed E-state index contributed by atoms with van der Waals surface area (Å²) < 4.78 is 5.22. The van der Waals surface area contributed by atoms with E-state index in [9.17, 15) is 4.79 Å². The Balaban J connectivity index is 2.86. The predicted molar refractivity (Wildman–Crippen MR) is 64.9 cm³/mol. The molecular formula is C12H18N2O2. The summed E-state index contributed by atoms with van der Waals surface area (Å²) in [5, 5.41) is 5.71. The van der Waals surface area contributed by atoms with Crippen LogP contribution in [0.3, 0.4) is 0 Å². The van der Waals surface area contributed by atoms with E-state index in [0.717, 1.165) is 17.0 Å². The molecule has 1 atom stereocenters. The molecule has 88 valence electrons. The van der Waals surface area contributed by atoms with Gasteiger partial charge in [0.25, 0.3) is 0 Å². The third-order valence-corrected chi connectivity index (χ3v) is 2.37. The van der Waals surface area contributed by atoms with E-state index in [4.69, 9.17) is 4.74 Å². The topological polar surface area (TPSA) is 50.4 Å². The van der Waals surface area contributed by atoms with Crippen molar-refractivity contribution in [3.63, 3.8) is 0 Å². The number of likely N-dealkylation sites (N-methyl/N-ethyl adjacent to an activating group) is 1. The lowest BCUT2D eigenvalue weighted by molar-refractivity contribution is -0.121. The van der Waals surface area contributed by atoms with E-state index in [0.29, 0.717) is 0 Å². The SMILES string of the molecule is CNC(=O)[C@@H](C)Nc1cc(C)ccc1OC. The third-order valence-electron chi connectivity index (χ3n) is 2.37. The number of hydrogen-bond donors (Lipinski definition) is 2. The van der Waals surface area contributed by atoms with Crippen LogP contribution in [0.15, 0.2) is 18.2 Å². The summed E-state index contributed by atoms with van der Waals surface area (Å²) >= 11 is 0. The van der Waals surface area contributed by atoms with Gasteiger partial charge in [-0.25, -0.2) is 0 Å². The molecule has 16 heavy (non-hydrogen) atoms.